The van der Waals surface area contributed by atoms with Crippen LogP contribution in [0.3, 0.4) is 0 Å². The van der Waals surface area contributed by atoms with Crippen molar-refractivity contribution in [1.82, 2.24) is 5.32 Å². The molecule has 1 heterocycles. The number of nitrogens with one attached hydrogen (secondary N) is 1. The third kappa shape index (κ3) is 4.53. The van der Waals surface area contributed by atoms with Crippen LogP contribution in [0.4, 0.5) is 0 Å². The Hall–Kier alpha value is -0.670. The molecule has 0 aliphatic rings. The van der Waals surface area contributed by atoms with E-state index in [9.17, 15) is 4.79 Å². The fraction of sp³-hybridized carbons (Fsp3) is 0.545. The van der Waals surface area contributed by atoms with Crippen molar-refractivity contribution in [2.45, 2.75) is 25.7 Å². The van der Waals surface area contributed by atoms with E-state index in [1.165, 1.54) is 4.88 Å². The van der Waals surface area contributed by atoms with Crippen LogP contribution in [0.1, 0.15) is 24.1 Å². The molecule has 0 unspecified atom stereocenters. The van der Waals surface area contributed by atoms with Crippen LogP contribution in [0.25, 0.3) is 0 Å². The summed E-state index contributed by atoms with van der Waals surface area (Å²) in [6.07, 6.45) is 3.28. The number of hydrogen-bond acceptors (Lipinski definition) is 3. The molecule has 14 heavy (non-hydrogen) atoms. The van der Waals surface area contributed by atoms with Crippen LogP contribution >= 0.6 is 11.3 Å². The van der Waals surface area contributed by atoms with Crippen molar-refractivity contribution < 1.29 is 4.79 Å². The molecule has 0 bridgehead atoms. The lowest BCUT2D eigenvalue weighted by Crippen LogP contribution is -2.10. The summed E-state index contributed by atoms with van der Waals surface area (Å²) in [5.74, 6) is 0.383. The number of carbonyl (C=O) groups excluding carboxylic acids is 1. The number of ketones is 1. The number of Topliss-reactive ketones (excluding diaryl/α,β-unsaturated/α-hetero) is 1. The van der Waals surface area contributed by atoms with Gasteiger partial charge in [0.2, 0.25) is 0 Å². The lowest BCUT2D eigenvalue weighted by atomic mass is 10.1. The normalized spacial score (nSPS) is 10.4. The maximum absolute atomic E-state index is 11.4. The Morgan fingerprint density at radius 2 is 2.36 bits per heavy atom. The van der Waals surface area contributed by atoms with Crippen molar-refractivity contribution in [2.24, 2.45) is 0 Å². The maximum Gasteiger partial charge on any atom is 0.133 e. The van der Waals surface area contributed by atoms with E-state index in [2.05, 4.69) is 16.8 Å². The Balaban J connectivity index is 2.09. The standard InChI is InChI=1S/C11H17NOS/c1-12-8-2-4-10(13)6-7-11-5-3-9-14-11/h3,5,9,12H,2,4,6-8H2,1H3. The summed E-state index contributed by atoms with van der Waals surface area (Å²) >= 11 is 1.73. The van der Waals surface area contributed by atoms with E-state index in [1.807, 2.05) is 13.1 Å². The molecule has 0 saturated carbocycles. The molecule has 1 N–H and O–H groups in total. The van der Waals surface area contributed by atoms with Crippen LogP contribution in [0, 0.1) is 0 Å². The van der Waals surface area contributed by atoms with Crippen LogP contribution in [-0.2, 0) is 11.2 Å². The SMILES string of the molecule is CNCCCC(=O)CCc1cccs1. The van der Waals surface area contributed by atoms with Crippen molar-refractivity contribution >= 4 is 17.1 Å². The Kier molecular flexibility index (Phi) is 5.49. The minimum atomic E-state index is 0.383. The number of rotatable bonds is 7. The first-order valence-electron chi connectivity index (χ1n) is 5.01. The van der Waals surface area contributed by atoms with Gasteiger partial charge in [0.05, 0.1) is 0 Å². The Morgan fingerprint density at radius 1 is 1.50 bits per heavy atom. The van der Waals surface area contributed by atoms with Gasteiger partial charge in [-0.05, 0) is 37.9 Å². The summed E-state index contributed by atoms with van der Waals surface area (Å²) in [5, 5.41) is 5.10. The lowest BCUT2D eigenvalue weighted by Gasteiger charge is -1.99. The minimum Gasteiger partial charge on any atom is -0.320 e. The number of hydrogen-bond donors (Lipinski definition) is 1. The second-order valence-electron chi connectivity index (χ2n) is 3.33. The van der Waals surface area contributed by atoms with Crippen LogP contribution < -0.4 is 5.32 Å². The molecule has 78 valence electrons. The molecule has 0 aromatic carbocycles. The van der Waals surface area contributed by atoms with Crippen LogP contribution in [0.2, 0.25) is 0 Å². The van der Waals surface area contributed by atoms with Gasteiger partial charge in [0.1, 0.15) is 5.78 Å². The molecule has 3 heteroatoms. The molecule has 1 rings (SSSR count). The molecule has 0 amide bonds. The first kappa shape index (κ1) is 11.4. The topological polar surface area (TPSA) is 29.1 Å². The second-order valence-corrected chi connectivity index (χ2v) is 4.36. The first-order chi connectivity index (χ1) is 6.83. The van der Waals surface area contributed by atoms with Gasteiger partial charge in [-0.1, -0.05) is 6.07 Å². The number of aryl methyl sites for hydroxylation is 1. The third-order valence-corrected chi connectivity index (χ3v) is 3.05. The zero-order valence-corrected chi connectivity index (χ0v) is 9.40. The number of carbonyl (C=O) groups is 1. The Labute approximate surface area is 89.3 Å². The van der Waals surface area contributed by atoms with Crippen molar-refractivity contribution in [3.05, 3.63) is 22.4 Å². The molecule has 0 radical (unpaired) electrons. The molecule has 2 nitrogen and oxygen atoms in total. The van der Waals surface area contributed by atoms with Gasteiger partial charge >= 0.3 is 0 Å². The molecule has 0 fully saturated rings. The summed E-state index contributed by atoms with van der Waals surface area (Å²) < 4.78 is 0. The molecular formula is C11H17NOS. The highest BCUT2D eigenvalue weighted by Gasteiger charge is 2.02. The highest BCUT2D eigenvalue weighted by Crippen LogP contribution is 2.11. The van der Waals surface area contributed by atoms with Crippen LogP contribution in [-0.4, -0.2) is 19.4 Å². The van der Waals surface area contributed by atoms with Crippen LogP contribution in [0.5, 0.6) is 0 Å². The molecule has 0 aliphatic heterocycles. The minimum absolute atomic E-state index is 0.383. The highest BCUT2D eigenvalue weighted by atomic mass is 32.1. The molecule has 0 saturated heterocycles. The predicted molar refractivity (Wildman–Crippen MR) is 60.8 cm³/mol. The summed E-state index contributed by atoms with van der Waals surface area (Å²) in [4.78, 5) is 12.7. The zero-order chi connectivity index (χ0) is 10.2. The van der Waals surface area contributed by atoms with Crippen molar-refractivity contribution in [1.29, 1.82) is 0 Å². The van der Waals surface area contributed by atoms with E-state index in [1.54, 1.807) is 11.3 Å². The van der Waals surface area contributed by atoms with Gasteiger partial charge in [0.15, 0.2) is 0 Å². The zero-order valence-electron chi connectivity index (χ0n) is 8.58. The molecule has 1 aromatic heterocycles. The molecule has 0 spiro atoms. The van der Waals surface area contributed by atoms with Crippen molar-refractivity contribution in [3.63, 3.8) is 0 Å². The number of thiophene rings is 1. The fourth-order valence-corrected chi connectivity index (χ4v) is 2.01. The van der Waals surface area contributed by atoms with Gasteiger partial charge < -0.3 is 5.32 Å². The molecular weight excluding hydrogens is 194 g/mol. The largest absolute Gasteiger partial charge is 0.320 e. The van der Waals surface area contributed by atoms with Gasteiger partial charge in [0.25, 0.3) is 0 Å². The van der Waals surface area contributed by atoms with Gasteiger partial charge in [0, 0.05) is 17.7 Å². The van der Waals surface area contributed by atoms with Crippen molar-refractivity contribution in [3.8, 4) is 0 Å². The average Bonchev–Trinajstić information content (AvgIpc) is 2.68. The Morgan fingerprint density at radius 3 is 3.00 bits per heavy atom. The monoisotopic (exact) mass is 211 g/mol. The first-order valence-corrected chi connectivity index (χ1v) is 5.89. The molecule has 1 aromatic rings. The third-order valence-electron chi connectivity index (χ3n) is 2.11. The van der Waals surface area contributed by atoms with Crippen LogP contribution in [0.15, 0.2) is 17.5 Å². The summed E-state index contributed by atoms with van der Waals surface area (Å²) in [5.41, 5.74) is 0. The second kappa shape index (κ2) is 6.74. The van der Waals surface area contributed by atoms with E-state index in [-0.39, 0.29) is 0 Å². The van der Waals surface area contributed by atoms with E-state index in [0.717, 1.165) is 19.4 Å². The summed E-state index contributed by atoms with van der Waals surface area (Å²) in [6, 6.07) is 4.12. The van der Waals surface area contributed by atoms with E-state index >= 15 is 0 Å². The maximum atomic E-state index is 11.4. The van der Waals surface area contributed by atoms with Gasteiger partial charge in [-0.15, -0.1) is 11.3 Å². The Bertz CT molecular complexity index is 256. The summed E-state index contributed by atoms with van der Waals surface area (Å²) in [7, 11) is 1.91. The fourth-order valence-electron chi connectivity index (χ4n) is 1.30. The quantitative estimate of drug-likeness (QED) is 0.701. The van der Waals surface area contributed by atoms with Gasteiger partial charge in [-0.2, -0.15) is 0 Å². The van der Waals surface area contributed by atoms with E-state index in [4.69, 9.17) is 0 Å². The highest BCUT2D eigenvalue weighted by molar-refractivity contribution is 7.09. The smallest absolute Gasteiger partial charge is 0.133 e. The molecule has 0 aliphatic carbocycles. The van der Waals surface area contributed by atoms with E-state index < -0.39 is 0 Å². The van der Waals surface area contributed by atoms with Gasteiger partial charge in [-0.3, -0.25) is 4.79 Å². The molecule has 0 atom stereocenters. The summed E-state index contributed by atoms with van der Waals surface area (Å²) in [6.45, 7) is 0.935. The van der Waals surface area contributed by atoms with E-state index in [0.29, 0.717) is 18.6 Å². The van der Waals surface area contributed by atoms with Gasteiger partial charge in [-0.25, -0.2) is 0 Å². The lowest BCUT2D eigenvalue weighted by molar-refractivity contribution is -0.119. The van der Waals surface area contributed by atoms with Crippen molar-refractivity contribution in [2.75, 3.05) is 13.6 Å². The predicted octanol–water partition coefficient (Wildman–Crippen LogP) is 2.25. The average molecular weight is 211 g/mol.